The molecule has 146 valence electrons. The number of hydrogen-bond acceptors (Lipinski definition) is 0. The summed E-state index contributed by atoms with van der Waals surface area (Å²) in [6, 6.07) is 39.4. The summed E-state index contributed by atoms with van der Waals surface area (Å²) in [5, 5.41) is 2.10. The van der Waals surface area contributed by atoms with Crippen LogP contribution in [0.25, 0.3) is 11.1 Å². The molecule has 4 rings (SSSR count). The Morgan fingerprint density at radius 2 is 1.03 bits per heavy atom. The van der Waals surface area contributed by atoms with Gasteiger partial charge < -0.3 is 0 Å². The first-order chi connectivity index (χ1) is 14.3. The van der Waals surface area contributed by atoms with Crippen molar-refractivity contribution in [1.29, 1.82) is 0 Å². The highest BCUT2D eigenvalue weighted by molar-refractivity contribution is 8.19. The third-order valence-electron chi connectivity index (χ3n) is 5.05. The smallest absolute Gasteiger partial charge is 0.00442 e. The Labute approximate surface area is 179 Å². The van der Waals surface area contributed by atoms with E-state index in [9.17, 15) is 0 Å². The molecular weight excluding hydrogens is 388 g/mol. The second-order valence-corrected chi connectivity index (χ2v) is 11.2. The second-order valence-electron chi connectivity index (χ2n) is 6.88. The molecule has 0 heterocycles. The minimum absolute atomic E-state index is 0.349. The van der Waals surface area contributed by atoms with Crippen LogP contribution in [0.5, 0.6) is 0 Å². The van der Waals surface area contributed by atoms with E-state index >= 15 is 0 Å². The van der Waals surface area contributed by atoms with Gasteiger partial charge in [-0.2, -0.15) is 10.9 Å². The quantitative estimate of drug-likeness (QED) is 0.294. The summed E-state index contributed by atoms with van der Waals surface area (Å²) >= 11 is 0. The zero-order valence-electron chi connectivity index (χ0n) is 16.6. The Bertz CT molecular complexity index is 1090. The summed E-state index contributed by atoms with van der Waals surface area (Å²) in [6.45, 7) is 4.12. The molecule has 0 aliphatic rings. The summed E-state index contributed by atoms with van der Waals surface area (Å²) in [7, 11) is -0.892. The van der Waals surface area contributed by atoms with Crippen LogP contribution in [0.2, 0.25) is 0 Å². The van der Waals surface area contributed by atoms with Crippen molar-refractivity contribution in [2.45, 2.75) is 19.6 Å². The van der Waals surface area contributed by atoms with Crippen LogP contribution >= 0.6 is 21.8 Å². The van der Waals surface area contributed by atoms with E-state index < -0.39 is 10.9 Å². The van der Waals surface area contributed by atoms with Crippen molar-refractivity contribution < 1.29 is 0 Å². The first-order valence-electron chi connectivity index (χ1n) is 9.72. The van der Waals surface area contributed by atoms with Crippen molar-refractivity contribution in [2.75, 3.05) is 6.26 Å². The minimum Gasteiger partial charge on any atom is -0.203 e. The van der Waals surface area contributed by atoms with Crippen molar-refractivity contribution in [3.05, 3.63) is 121 Å². The van der Waals surface area contributed by atoms with Crippen LogP contribution in [0, 0.1) is 0 Å². The average Bonchev–Trinajstić information content (AvgIpc) is 2.81. The van der Waals surface area contributed by atoms with Crippen LogP contribution in [0.4, 0.5) is 0 Å². The van der Waals surface area contributed by atoms with E-state index in [2.05, 4.69) is 127 Å². The molecule has 0 nitrogen and oxygen atoms in total. The van der Waals surface area contributed by atoms with Gasteiger partial charge in [0.15, 0.2) is 0 Å². The topological polar surface area (TPSA) is 0 Å². The predicted molar refractivity (Wildman–Crippen MR) is 132 cm³/mol. The van der Waals surface area contributed by atoms with Crippen molar-refractivity contribution in [3.63, 3.8) is 0 Å². The van der Waals surface area contributed by atoms with Gasteiger partial charge in [-0.1, -0.05) is 79.4 Å². The zero-order chi connectivity index (χ0) is 20.1. The molecule has 0 radical (unpaired) electrons. The lowest BCUT2D eigenvalue weighted by Gasteiger charge is -2.20. The number of thiol groups is 2. The fourth-order valence-corrected chi connectivity index (χ4v) is 6.78. The van der Waals surface area contributed by atoms with Crippen molar-refractivity contribution in [3.8, 4) is 11.1 Å². The summed E-state index contributed by atoms with van der Waals surface area (Å²) in [5.74, 6) is 0. The molecule has 2 atom stereocenters. The highest BCUT2D eigenvalue weighted by atomic mass is 32.2. The lowest BCUT2D eigenvalue weighted by atomic mass is 10.1. The first-order valence-corrected chi connectivity index (χ1v) is 12.9. The summed E-state index contributed by atoms with van der Waals surface area (Å²) in [6.07, 6.45) is 2.34. The van der Waals surface area contributed by atoms with E-state index in [4.69, 9.17) is 0 Å². The van der Waals surface area contributed by atoms with Gasteiger partial charge >= 0.3 is 0 Å². The maximum atomic E-state index is 4.12. The molecule has 0 N–H and O–H groups in total. The van der Waals surface area contributed by atoms with Gasteiger partial charge in [-0.25, -0.2) is 10.9 Å². The Balaban J connectivity index is 1.68. The molecule has 0 saturated heterocycles. The third-order valence-corrected chi connectivity index (χ3v) is 9.23. The fraction of sp³-hybridized carbons (Fsp3) is 0.0370. The SMILES string of the molecule is C=C[SH](c1ccccc1)c1cccc(-c2cccc([SH](C)c3ccccc3)c2)c1. The monoisotopic (exact) mass is 414 g/mol. The molecule has 0 spiro atoms. The molecular formula is C27H26S2. The standard InChI is InChI=1S/C27H26S2/c1-3-29(25-16-8-5-9-17-25)27-19-11-13-23(21-27)22-12-10-18-26(20-22)28(2)24-14-6-4-7-15-24/h3-21,28-29H,1H2,2H3. The molecule has 0 saturated carbocycles. The third kappa shape index (κ3) is 4.50. The molecule has 0 aliphatic heterocycles. The fourth-order valence-electron chi connectivity index (χ4n) is 3.48. The molecule has 29 heavy (non-hydrogen) atoms. The van der Waals surface area contributed by atoms with Crippen LogP contribution < -0.4 is 0 Å². The molecule has 0 bridgehead atoms. The molecule has 0 aromatic heterocycles. The van der Waals surface area contributed by atoms with E-state index in [1.54, 1.807) is 0 Å². The van der Waals surface area contributed by atoms with Crippen molar-refractivity contribution >= 4 is 21.8 Å². The molecule has 2 unspecified atom stereocenters. The van der Waals surface area contributed by atoms with Gasteiger partial charge in [-0.15, -0.1) is 0 Å². The van der Waals surface area contributed by atoms with E-state index in [0.29, 0.717) is 0 Å². The average molecular weight is 415 g/mol. The summed E-state index contributed by atoms with van der Waals surface area (Å²) in [5.41, 5.74) is 2.55. The molecule has 4 aromatic carbocycles. The Morgan fingerprint density at radius 1 is 0.552 bits per heavy atom. The van der Waals surface area contributed by atoms with Gasteiger partial charge in [0, 0.05) is 0 Å². The first kappa shape index (κ1) is 19.6. The van der Waals surface area contributed by atoms with Crippen molar-refractivity contribution in [1.82, 2.24) is 0 Å². The Kier molecular flexibility index (Phi) is 6.24. The van der Waals surface area contributed by atoms with E-state index in [1.807, 2.05) is 0 Å². The number of rotatable bonds is 6. The van der Waals surface area contributed by atoms with Crippen molar-refractivity contribution in [2.24, 2.45) is 0 Å². The predicted octanol–water partition coefficient (Wildman–Crippen LogP) is 7.97. The maximum absolute atomic E-state index is 4.12. The molecule has 0 amide bonds. The largest absolute Gasteiger partial charge is 0.203 e. The van der Waals surface area contributed by atoms with Gasteiger partial charge in [0.2, 0.25) is 0 Å². The van der Waals surface area contributed by atoms with Crippen LogP contribution in [0.1, 0.15) is 0 Å². The molecule has 0 fully saturated rings. The second kappa shape index (κ2) is 9.21. The van der Waals surface area contributed by atoms with Crippen LogP contribution in [-0.2, 0) is 0 Å². The number of benzene rings is 4. The van der Waals surface area contributed by atoms with Gasteiger partial charge in [0.25, 0.3) is 0 Å². The zero-order valence-corrected chi connectivity index (χ0v) is 18.4. The minimum atomic E-state index is -0.544. The van der Waals surface area contributed by atoms with E-state index in [0.717, 1.165) is 0 Å². The Morgan fingerprint density at radius 3 is 1.62 bits per heavy atom. The Hall–Kier alpha value is -2.68. The van der Waals surface area contributed by atoms with Crippen LogP contribution in [0.15, 0.2) is 141 Å². The van der Waals surface area contributed by atoms with Gasteiger partial charge in [-0.05, 0) is 78.8 Å². The highest BCUT2D eigenvalue weighted by Gasteiger charge is 2.09. The van der Waals surface area contributed by atoms with Gasteiger partial charge in [0.1, 0.15) is 0 Å². The van der Waals surface area contributed by atoms with E-state index in [-0.39, 0.29) is 10.9 Å². The molecule has 0 aliphatic carbocycles. The highest BCUT2D eigenvalue weighted by Crippen LogP contribution is 2.46. The van der Waals surface area contributed by atoms with Crippen LogP contribution in [0.3, 0.4) is 0 Å². The molecule has 2 heteroatoms. The van der Waals surface area contributed by atoms with Gasteiger partial charge in [0.05, 0.1) is 0 Å². The summed E-state index contributed by atoms with van der Waals surface area (Å²) < 4.78 is 0. The van der Waals surface area contributed by atoms with E-state index in [1.165, 1.54) is 30.7 Å². The number of hydrogen-bond donors (Lipinski definition) is 2. The van der Waals surface area contributed by atoms with Gasteiger partial charge in [-0.3, -0.25) is 0 Å². The lowest BCUT2D eigenvalue weighted by molar-refractivity contribution is 1.37. The maximum Gasteiger partial charge on any atom is -0.00442 e. The lowest BCUT2D eigenvalue weighted by Crippen LogP contribution is -1.87. The molecule has 4 aromatic rings. The van der Waals surface area contributed by atoms with Crippen LogP contribution in [-0.4, -0.2) is 6.26 Å². The summed E-state index contributed by atoms with van der Waals surface area (Å²) in [4.78, 5) is 5.49. The normalized spacial score (nSPS) is 14.1.